The number of amides is 2. The average Bonchev–Trinajstić information content (AvgIpc) is 2.64. The molecule has 0 unspecified atom stereocenters. The van der Waals surface area contributed by atoms with Crippen molar-refractivity contribution in [3.8, 4) is 5.75 Å². The molecule has 1 aromatic carbocycles. The standard InChI is InChI=1S/C17H20ClN5O3/c1-11-7-21-16(8-20-11)23-17(24)22-14-6-12(18)2-3-15(14)26-10-13-9-25-5-4-19-13/h2-3,6-8,13,19H,4-5,9-10H2,1H3,(H2,21,22,23,24)/t13-/m1/s1. The highest BCUT2D eigenvalue weighted by molar-refractivity contribution is 6.31. The van der Waals surface area contributed by atoms with Crippen LogP contribution in [-0.2, 0) is 4.74 Å². The number of urea groups is 1. The van der Waals surface area contributed by atoms with Crippen LogP contribution in [0.4, 0.5) is 16.3 Å². The van der Waals surface area contributed by atoms with Gasteiger partial charge >= 0.3 is 6.03 Å². The first-order chi connectivity index (χ1) is 12.6. The summed E-state index contributed by atoms with van der Waals surface area (Å²) in [5.74, 6) is 0.869. The van der Waals surface area contributed by atoms with Crippen LogP contribution in [0, 0.1) is 6.92 Å². The molecule has 8 nitrogen and oxygen atoms in total. The molecule has 1 saturated heterocycles. The number of carbonyl (C=O) groups excluding carboxylic acids is 1. The number of benzene rings is 1. The summed E-state index contributed by atoms with van der Waals surface area (Å²) in [6.07, 6.45) is 3.06. The Hall–Kier alpha value is -2.42. The highest BCUT2D eigenvalue weighted by Crippen LogP contribution is 2.28. The van der Waals surface area contributed by atoms with Crippen LogP contribution >= 0.6 is 11.6 Å². The van der Waals surface area contributed by atoms with E-state index in [1.54, 1.807) is 24.4 Å². The lowest BCUT2D eigenvalue weighted by Crippen LogP contribution is -2.44. The quantitative estimate of drug-likeness (QED) is 0.740. The van der Waals surface area contributed by atoms with Gasteiger partial charge in [-0.1, -0.05) is 11.6 Å². The zero-order valence-electron chi connectivity index (χ0n) is 14.3. The van der Waals surface area contributed by atoms with Crippen molar-refractivity contribution in [2.45, 2.75) is 13.0 Å². The maximum absolute atomic E-state index is 12.2. The molecule has 9 heteroatoms. The fourth-order valence-corrected chi connectivity index (χ4v) is 2.54. The minimum Gasteiger partial charge on any atom is -0.490 e. The summed E-state index contributed by atoms with van der Waals surface area (Å²) in [5, 5.41) is 9.13. The molecule has 1 aliphatic heterocycles. The summed E-state index contributed by atoms with van der Waals surface area (Å²) in [7, 11) is 0. The molecule has 3 N–H and O–H groups in total. The number of nitrogens with one attached hydrogen (secondary N) is 3. The molecule has 0 bridgehead atoms. The fraction of sp³-hybridized carbons (Fsp3) is 0.353. The van der Waals surface area contributed by atoms with Gasteiger partial charge in [0, 0.05) is 11.6 Å². The SMILES string of the molecule is Cc1cnc(NC(=O)Nc2cc(Cl)ccc2OC[C@H]2COCCN2)cn1. The smallest absolute Gasteiger partial charge is 0.325 e. The number of rotatable bonds is 5. The Morgan fingerprint density at radius 2 is 2.27 bits per heavy atom. The van der Waals surface area contributed by atoms with Crippen molar-refractivity contribution in [2.75, 3.05) is 37.0 Å². The molecule has 0 saturated carbocycles. The second-order valence-corrected chi connectivity index (χ2v) is 6.24. The van der Waals surface area contributed by atoms with Gasteiger partial charge in [-0.15, -0.1) is 0 Å². The summed E-state index contributed by atoms with van der Waals surface area (Å²) >= 11 is 6.04. The van der Waals surface area contributed by atoms with Crippen molar-refractivity contribution in [1.29, 1.82) is 0 Å². The zero-order valence-corrected chi connectivity index (χ0v) is 15.0. The van der Waals surface area contributed by atoms with E-state index in [2.05, 4.69) is 25.9 Å². The summed E-state index contributed by atoms with van der Waals surface area (Å²) < 4.78 is 11.2. The molecular formula is C17H20ClN5O3. The predicted molar refractivity (Wildman–Crippen MR) is 99.0 cm³/mol. The van der Waals surface area contributed by atoms with Crippen molar-refractivity contribution < 1.29 is 14.3 Å². The van der Waals surface area contributed by atoms with Gasteiger partial charge in [-0.05, 0) is 25.1 Å². The third kappa shape index (κ3) is 5.29. The third-order valence-corrected chi connectivity index (χ3v) is 3.89. The van der Waals surface area contributed by atoms with E-state index in [0.29, 0.717) is 42.1 Å². The Morgan fingerprint density at radius 1 is 1.38 bits per heavy atom. The molecule has 26 heavy (non-hydrogen) atoms. The molecule has 1 aromatic heterocycles. The van der Waals surface area contributed by atoms with Gasteiger partial charge < -0.3 is 20.1 Å². The Balaban J connectivity index is 1.62. The fourth-order valence-electron chi connectivity index (χ4n) is 2.37. The van der Waals surface area contributed by atoms with Crippen molar-refractivity contribution in [1.82, 2.24) is 15.3 Å². The van der Waals surface area contributed by atoms with Crippen LogP contribution in [0.2, 0.25) is 5.02 Å². The number of ether oxygens (including phenoxy) is 2. The average molecular weight is 378 g/mol. The molecule has 1 aliphatic rings. The molecule has 1 atom stereocenters. The van der Waals surface area contributed by atoms with Gasteiger partial charge in [0.15, 0.2) is 5.82 Å². The second-order valence-electron chi connectivity index (χ2n) is 5.80. The first kappa shape index (κ1) is 18.4. The molecule has 2 aromatic rings. The Labute approximate surface area is 156 Å². The van der Waals surface area contributed by atoms with Gasteiger partial charge in [-0.25, -0.2) is 9.78 Å². The van der Waals surface area contributed by atoms with Crippen LogP contribution < -0.4 is 20.7 Å². The Kier molecular flexibility index (Phi) is 6.21. The van der Waals surface area contributed by atoms with Crippen molar-refractivity contribution >= 4 is 29.1 Å². The molecule has 2 amide bonds. The normalized spacial score (nSPS) is 16.8. The number of morpholine rings is 1. The van der Waals surface area contributed by atoms with Crippen molar-refractivity contribution in [2.24, 2.45) is 0 Å². The topological polar surface area (TPSA) is 97.4 Å². The second kappa shape index (κ2) is 8.79. The van der Waals surface area contributed by atoms with E-state index in [-0.39, 0.29) is 6.04 Å². The lowest BCUT2D eigenvalue weighted by molar-refractivity contribution is 0.0594. The van der Waals surface area contributed by atoms with Gasteiger partial charge in [0.2, 0.25) is 0 Å². The van der Waals surface area contributed by atoms with Gasteiger partial charge in [-0.3, -0.25) is 10.3 Å². The highest BCUT2D eigenvalue weighted by atomic mass is 35.5. The van der Waals surface area contributed by atoms with Crippen LogP contribution in [-0.4, -0.2) is 48.4 Å². The molecule has 2 heterocycles. The molecule has 0 spiro atoms. The first-order valence-corrected chi connectivity index (χ1v) is 8.58. The molecule has 1 fully saturated rings. The minimum absolute atomic E-state index is 0.101. The summed E-state index contributed by atoms with van der Waals surface area (Å²) in [6.45, 7) is 4.31. The van der Waals surface area contributed by atoms with E-state index < -0.39 is 6.03 Å². The van der Waals surface area contributed by atoms with Gasteiger partial charge in [0.25, 0.3) is 0 Å². The van der Waals surface area contributed by atoms with Crippen LogP contribution in [0.3, 0.4) is 0 Å². The lowest BCUT2D eigenvalue weighted by Gasteiger charge is -2.24. The summed E-state index contributed by atoms with van der Waals surface area (Å²) in [5.41, 5.74) is 1.23. The minimum atomic E-state index is -0.464. The first-order valence-electron chi connectivity index (χ1n) is 8.20. The van der Waals surface area contributed by atoms with E-state index >= 15 is 0 Å². The molecule has 0 aliphatic carbocycles. The molecule has 0 radical (unpaired) electrons. The largest absolute Gasteiger partial charge is 0.490 e. The number of nitrogens with zero attached hydrogens (tertiary/aromatic N) is 2. The predicted octanol–water partition coefficient (Wildman–Crippen LogP) is 2.45. The monoisotopic (exact) mass is 377 g/mol. The maximum atomic E-state index is 12.2. The van der Waals surface area contributed by atoms with Crippen molar-refractivity contribution in [3.63, 3.8) is 0 Å². The van der Waals surface area contributed by atoms with E-state index in [0.717, 1.165) is 12.2 Å². The number of hydrogen-bond acceptors (Lipinski definition) is 6. The van der Waals surface area contributed by atoms with Crippen LogP contribution in [0.1, 0.15) is 5.69 Å². The molecular weight excluding hydrogens is 358 g/mol. The number of hydrogen-bond donors (Lipinski definition) is 3. The lowest BCUT2D eigenvalue weighted by atomic mass is 10.2. The van der Waals surface area contributed by atoms with Gasteiger partial charge in [0.05, 0.1) is 43.0 Å². The van der Waals surface area contributed by atoms with Crippen LogP contribution in [0.5, 0.6) is 5.75 Å². The maximum Gasteiger partial charge on any atom is 0.325 e. The summed E-state index contributed by atoms with van der Waals surface area (Å²) in [6, 6.07) is 4.68. The highest BCUT2D eigenvalue weighted by Gasteiger charge is 2.15. The molecule has 3 rings (SSSR count). The third-order valence-electron chi connectivity index (χ3n) is 3.65. The number of anilines is 2. The van der Waals surface area contributed by atoms with E-state index in [1.807, 2.05) is 6.92 Å². The number of aryl methyl sites for hydroxylation is 1. The Bertz CT molecular complexity index is 751. The number of carbonyl (C=O) groups is 1. The van der Waals surface area contributed by atoms with E-state index in [9.17, 15) is 4.79 Å². The van der Waals surface area contributed by atoms with Crippen LogP contribution in [0.15, 0.2) is 30.6 Å². The van der Waals surface area contributed by atoms with E-state index in [1.165, 1.54) is 6.20 Å². The number of halogens is 1. The summed E-state index contributed by atoms with van der Waals surface area (Å²) in [4.78, 5) is 20.4. The number of aromatic nitrogens is 2. The van der Waals surface area contributed by atoms with E-state index in [4.69, 9.17) is 21.1 Å². The van der Waals surface area contributed by atoms with Gasteiger partial charge in [-0.2, -0.15) is 0 Å². The van der Waals surface area contributed by atoms with Crippen LogP contribution in [0.25, 0.3) is 0 Å². The Morgan fingerprint density at radius 3 is 3.00 bits per heavy atom. The van der Waals surface area contributed by atoms with Crippen molar-refractivity contribution in [3.05, 3.63) is 41.3 Å². The zero-order chi connectivity index (χ0) is 18.4. The molecule has 138 valence electrons. The van der Waals surface area contributed by atoms with Gasteiger partial charge in [0.1, 0.15) is 12.4 Å².